The molecule has 0 aromatic heterocycles. The number of nitrogens with one attached hydrogen (secondary N) is 1. The summed E-state index contributed by atoms with van der Waals surface area (Å²) in [6.07, 6.45) is 0.690. The molecule has 0 amide bonds. The zero-order valence-electron chi connectivity index (χ0n) is 14.3. The maximum atomic E-state index is 12.9. The van der Waals surface area contributed by atoms with E-state index in [9.17, 15) is 4.39 Å². The Kier molecular flexibility index (Phi) is 5.50. The van der Waals surface area contributed by atoms with E-state index < -0.39 is 0 Å². The van der Waals surface area contributed by atoms with Crippen LogP contribution in [0.5, 0.6) is 11.5 Å². The normalized spacial score (nSPS) is 16.3. The van der Waals surface area contributed by atoms with Crippen LogP contribution in [0.15, 0.2) is 47.6 Å². The van der Waals surface area contributed by atoms with Crippen molar-refractivity contribution >= 4 is 5.71 Å². The molecule has 0 fully saturated rings. The summed E-state index contributed by atoms with van der Waals surface area (Å²) in [6, 6.07) is 12.2. The van der Waals surface area contributed by atoms with Crippen LogP contribution in [0, 0.1) is 5.82 Å². The fraction of sp³-hybridized carbons (Fsp3) is 0.316. The van der Waals surface area contributed by atoms with E-state index in [4.69, 9.17) is 14.3 Å². The summed E-state index contributed by atoms with van der Waals surface area (Å²) in [7, 11) is 3.22. The highest BCUT2D eigenvalue weighted by molar-refractivity contribution is 6.01. The number of hydrogen-bond acceptors (Lipinski definition) is 5. The number of benzene rings is 2. The van der Waals surface area contributed by atoms with Gasteiger partial charge in [0.2, 0.25) is 0 Å². The molecule has 0 radical (unpaired) electrons. The standard InChI is InChI=1S/C19H21FN2O3/c1-23-18-8-5-14(9-19(18)24-2)17-10-16(25-22-17)12-21-11-13-3-6-15(20)7-4-13/h3-9,16,21H,10-12H2,1-2H3. The maximum absolute atomic E-state index is 12.9. The number of halogens is 1. The lowest BCUT2D eigenvalue weighted by atomic mass is 10.0. The first-order chi connectivity index (χ1) is 12.2. The summed E-state index contributed by atoms with van der Waals surface area (Å²) in [6.45, 7) is 1.32. The number of nitrogens with zero attached hydrogens (tertiary/aromatic N) is 1. The highest BCUT2D eigenvalue weighted by atomic mass is 19.1. The first kappa shape index (κ1) is 17.2. The van der Waals surface area contributed by atoms with Crippen LogP contribution < -0.4 is 14.8 Å². The zero-order valence-corrected chi connectivity index (χ0v) is 14.3. The van der Waals surface area contributed by atoms with Gasteiger partial charge in [0.15, 0.2) is 11.5 Å². The van der Waals surface area contributed by atoms with Gasteiger partial charge in [-0.15, -0.1) is 0 Å². The molecule has 5 nitrogen and oxygen atoms in total. The van der Waals surface area contributed by atoms with Crippen molar-refractivity contribution in [2.24, 2.45) is 5.16 Å². The van der Waals surface area contributed by atoms with Gasteiger partial charge < -0.3 is 19.6 Å². The highest BCUT2D eigenvalue weighted by Gasteiger charge is 2.22. The fourth-order valence-electron chi connectivity index (χ4n) is 2.70. The molecule has 0 saturated carbocycles. The molecule has 25 heavy (non-hydrogen) atoms. The molecular weight excluding hydrogens is 323 g/mol. The predicted molar refractivity (Wildman–Crippen MR) is 93.7 cm³/mol. The Balaban J connectivity index is 1.52. The predicted octanol–water partition coefficient (Wildman–Crippen LogP) is 3.13. The van der Waals surface area contributed by atoms with Gasteiger partial charge in [-0.1, -0.05) is 17.3 Å². The molecule has 1 unspecified atom stereocenters. The second-order valence-corrected chi connectivity index (χ2v) is 5.80. The van der Waals surface area contributed by atoms with Gasteiger partial charge in [0, 0.05) is 25.1 Å². The molecule has 0 bridgehead atoms. The van der Waals surface area contributed by atoms with Crippen molar-refractivity contribution < 1.29 is 18.7 Å². The minimum absolute atomic E-state index is 0.0245. The van der Waals surface area contributed by atoms with Crippen molar-refractivity contribution in [2.45, 2.75) is 19.1 Å². The van der Waals surface area contributed by atoms with E-state index >= 15 is 0 Å². The molecular formula is C19H21FN2O3. The second-order valence-electron chi connectivity index (χ2n) is 5.80. The molecule has 2 aromatic rings. The molecule has 0 aliphatic carbocycles. The first-order valence-electron chi connectivity index (χ1n) is 8.10. The molecule has 1 aliphatic rings. The Morgan fingerprint density at radius 2 is 1.88 bits per heavy atom. The molecule has 2 aromatic carbocycles. The third kappa shape index (κ3) is 4.28. The van der Waals surface area contributed by atoms with Crippen LogP contribution in [-0.4, -0.2) is 32.6 Å². The topological polar surface area (TPSA) is 52.1 Å². The molecule has 1 N–H and O–H groups in total. The van der Waals surface area contributed by atoms with Gasteiger partial charge in [-0.3, -0.25) is 0 Å². The lowest BCUT2D eigenvalue weighted by Gasteiger charge is -2.10. The van der Waals surface area contributed by atoms with Crippen molar-refractivity contribution in [2.75, 3.05) is 20.8 Å². The van der Waals surface area contributed by atoms with Crippen LogP contribution in [0.25, 0.3) is 0 Å². The van der Waals surface area contributed by atoms with Crippen LogP contribution in [0.1, 0.15) is 17.5 Å². The van der Waals surface area contributed by atoms with E-state index in [1.165, 1.54) is 12.1 Å². The van der Waals surface area contributed by atoms with E-state index in [2.05, 4.69) is 10.5 Å². The zero-order chi connectivity index (χ0) is 17.6. The van der Waals surface area contributed by atoms with E-state index in [0.717, 1.165) is 16.8 Å². The summed E-state index contributed by atoms with van der Waals surface area (Å²) >= 11 is 0. The Morgan fingerprint density at radius 1 is 1.12 bits per heavy atom. The number of hydrogen-bond donors (Lipinski definition) is 1. The van der Waals surface area contributed by atoms with Gasteiger partial charge in [0.1, 0.15) is 11.9 Å². The lowest BCUT2D eigenvalue weighted by Crippen LogP contribution is -2.26. The number of ether oxygens (including phenoxy) is 2. The van der Waals surface area contributed by atoms with Gasteiger partial charge in [0.25, 0.3) is 0 Å². The monoisotopic (exact) mass is 344 g/mol. The molecule has 3 rings (SSSR count). The van der Waals surface area contributed by atoms with Gasteiger partial charge in [0.05, 0.1) is 19.9 Å². The largest absolute Gasteiger partial charge is 0.493 e. The van der Waals surface area contributed by atoms with Crippen LogP contribution in [-0.2, 0) is 11.4 Å². The van der Waals surface area contributed by atoms with Crippen molar-refractivity contribution in [3.63, 3.8) is 0 Å². The highest BCUT2D eigenvalue weighted by Crippen LogP contribution is 2.29. The third-order valence-electron chi connectivity index (χ3n) is 4.06. The molecule has 0 spiro atoms. The van der Waals surface area contributed by atoms with Crippen LogP contribution in [0.4, 0.5) is 4.39 Å². The number of methoxy groups -OCH3 is 2. The van der Waals surface area contributed by atoms with Crippen molar-refractivity contribution in [1.82, 2.24) is 5.32 Å². The quantitative estimate of drug-likeness (QED) is 0.838. The molecule has 1 aliphatic heterocycles. The molecule has 6 heteroatoms. The van der Waals surface area contributed by atoms with Crippen LogP contribution in [0.3, 0.4) is 0 Å². The van der Waals surface area contributed by atoms with Crippen LogP contribution in [0.2, 0.25) is 0 Å². The Labute approximate surface area is 146 Å². The third-order valence-corrected chi connectivity index (χ3v) is 4.06. The molecule has 132 valence electrons. The fourth-order valence-corrected chi connectivity index (χ4v) is 2.70. The van der Waals surface area contributed by atoms with Crippen LogP contribution >= 0.6 is 0 Å². The summed E-state index contributed by atoms with van der Waals surface area (Å²) in [5.41, 5.74) is 2.87. The van der Waals surface area contributed by atoms with E-state index in [1.807, 2.05) is 18.2 Å². The molecule has 0 saturated heterocycles. The summed E-state index contributed by atoms with van der Waals surface area (Å²) in [5, 5.41) is 7.50. The number of rotatable bonds is 7. The van der Waals surface area contributed by atoms with E-state index in [-0.39, 0.29) is 11.9 Å². The summed E-state index contributed by atoms with van der Waals surface area (Å²) in [4.78, 5) is 5.50. The van der Waals surface area contributed by atoms with Gasteiger partial charge >= 0.3 is 0 Å². The van der Waals surface area contributed by atoms with Crippen molar-refractivity contribution in [3.8, 4) is 11.5 Å². The molecule has 1 heterocycles. The number of oxime groups is 1. The van der Waals surface area contributed by atoms with Crippen molar-refractivity contribution in [1.29, 1.82) is 0 Å². The smallest absolute Gasteiger partial charge is 0.161 e. The minimum atomic E-state index is -0.226. The second kappa shape index (κ2) is 7.98. The summed E-state index contributed by atoms with van der Waals surface area (Å²) < 4.78 is 23.5. The Bertz CT molecular complexity index is 747. The van der Waals surface area contributed by atoms with E-state index in [0.29, 0.717) is 31.0 Å². The van der Waals surface area contributed by atoms with Gasteiger partial charge in [-0.2, -0.15) is 0 Å². The molecule has 1 atom stereocenters. The lowest BCUT2D eigenvalue weighted by molar-refractivity contribution is 0.0848. The van der Waals surface area contributed by atoms with Crippen molar-refractivity contribution in [3.05, 3.63) is 59.4 Å². The average molecular weight is 344 g/mol. The summed E-state index contributed by atoms with van der Waals surface area (Å²) in [5.74, 6) is 1.12. The Morgan fingerprint density at radius 3 is 2.60 bits per heavy atom. The maximum Gasteiger partial charge on any atom is 0.161 e. The van der Waals surface area contributed by atoms with Gasteiger partial charge in [-0.25, -0.2) is 4.39 Å². The minimum Gasteiger partial charge on any atom is -0.493 e. The Hall–Kier alpha value is -2.60. The SMILES string of the molecule is COc1ccc(C2=NOC(CNCc3ccc(F)cc3)C2)cc1OC. The van der Waals surface area contributed by atoms with E-state index in [1.54, 1.807) is 26.4 Å². The van der Waals surface area contributed by atoms with Gasteiger partial charge in [-0.05, 0) is 35.9 Å². The first-order valence-corrected chi connectivity index (χ1v) is 8.10. The average Bonchev–Trinajstić information content (AvgIpc) is 3.11.